The second-order valence-corrected chi connectivity index (χ2v) is 14.6. The van der Waals surface area contributed by atoms with Gasteiger partial charge in [-0.05, 0) is 81.1 Å². The van der Waals surface area contributed by atoms with Crippen molar-refractivity contribution in [3.8, 4) is 0 Å². The van der Waals surface area contributed by atoms with E-state index in [1.54, 1.807) is 18.2 Å². The van der Waals surface area contributed by atoms with Gasteiger partial charge in [0, 0.05) is 13.0 Å². The number of aliphatic carboxylic acids is 2. The van der Waals surface area contributed by atoms with Crippen molar-refractivity contribution in [2.24, 2.45) is 5.92 Å². The number of fused-ring (bicyclic) bond motifs is 2. The van der Waals surface area contributed by atoms with Gasteiger partial charge in [-0.25, -0.2) is 22.3 Å². The largest absolute Gasteiger partial charge is 0.479 e. The molecule has 0 aliphatic carbocycles. The minimum Gasteiger partial charge on any atom is -0.479 e. The quantitative estimate of drug-likeness (QED) is 0.226. The van der Waals surface area contributed by atoms with Gasteiger partial charge in [-0.3, -0.25) is 9.59 Å². The predicted octanol–water partition coefficient (Wildman–Crippen LogP) is 2.68. The van der Waals surface area contributed by atoms with E-state index >= 15 is 0 Å². The van der Waals surface area contributed by atoms with Crippen LogP contribution in [0.3, 0.4) is 0 Å². The van der Waals surface area contributed by atoms with Crippen LogP contribution < -0.4 is 0 Å². The van der Waals surface area contributed by atoms with Crippen LogP contribution in [0, 0.1) is 5.92 Å². The Morgan fingerprint density at radius 1 is 0.875 bits per heavy atom. The summed E-state index contributed by atoms with van der Waals surface area (Å²) in [7, 11) is -4.03. The number of hydrogen-bond donors (Lipinski definition) is 4. The van der Waals surface area contributed by atoms with Gasteiger partial charge in [0.1, 0.15) is 0 Å². The van der Waals surface area contributed by atoms with Crippen LogP contribution in [0.1, 0.15) is 71.1 Å². The number of unbranched alkanes of at least 4 members (excludes halogenated alkanes) is 2. The van der Waals surface area contributed by atoms with Gasteiger partial charge in [0.05, 0.1) is 22.9 Å². The van der Waals surface area contributed by atoms with Crippen LogP contribution in [-0.4, -0.2) is 117 Å². The number of carbonyl (C=O) groups excluding carboxylic acids is 2. The maximum atomic E-state index is 13.8. The fourth-order valence-corrected chi connectivity index (χ4v) is 8.73. The van der Waals surface area contributed by atoms with Gasteiger partial charge in [-0.2, -0.15) is 0 Å². The molecule has 2 aromatic carbocycles. The molecule has 0 aromatic heterocycles. The highest BCUT2D eigenvalue weighted by molar-refractivity contribution is 7.89. The standard InChI is InChI=1S/C30H41N3O4S.C4H6O6/c1-2-11-26-29-27(17-21-32(29)28(34)14-5-3-8-18-31-19-9-4-10-20-31)33(30(26)35)38(36,37)25-16-15-23-12-6-7-13-24(23)22-25;5-1(3(7)8)2(6)4(9)10/h6-7,12-13,15-16,22,26-27,29H,2-5,8-11,14,17-21H2,1H3;1-2,5-6H,(H,7,8)(H,9,10)/t26-,27+,29-;/m1./s1. The molecule has 0 radical (unpaired) electrons. The highest BCUT2D eigenvalue weighted by atomic mass is 32.2. The molecule has 2 aromatic rings. The van der Waals surface area contributed by atoms with E-state index in [2.05, 4.69) is 4.90 Å². The first kappa shape index (κ1) is 37.2. The molecular weight excluding hydrogens is 642 g/mol. The molecule has 3 saturated heterocycles. The summed E-state index contributed by atoms with van der Waals surface area (Å²) in [6.07, 6.45) is 4.68. The highest BCUT2D eigenvalue weighted by Gasteiger charge is 2.58. The molecule has 3 fully saturated rings. The third-order valence-corrected chi connectivity index (χ3v) is 11.3. The van der Waals surface area contributed by atoms with E-state index in [-0.39, 0.29) is 22.8 Å². The Labute approximate surface area is 281 Å². The number of carboxylic acid groups (broad SMARTS) is 2. The number of rotatable bonds is 13. The number of nitrogens with zero attached hydrogens (tertiary/aromatic N) is 3. The van der Waals surface area contributed by atoms with Gasteiger partial charge in [0.15, 0.2) is 12.2 Å². The normalized spacial score (nSPS) is 22.6. The fourth-order valence-electron chi connectivity index (χ4n) is 7.03. The van der Waals surface area contributed by atoms with Crippen LogP contribution >= 0.6 is 0 Å². The molecule has 13 nitrogen and oxygen atoms in total. The van der Waals surface area contributed by atoms with Gasteiger partial charge in [-0.1, -0.05) is 56.5 Å². The van der Waals surface area contributed by atoms with Gasteiger partial charge in [-0.15, -0.1) is 0 Å². The summed E-state index contributed by atoms with van der Waals surface area (Å²) in [6, 6.07) is 11.8. The summed E-state index contributed by atoms with van der Waals surface area (Å²) in [4.78, 5) is 51.0. The maximum absolute atomic E-state index is 13.8. The van der Waals surface area contributed by atoms with Crippen LogP contribution in [0.4, 0.5) is 0 Å². The number of carbonyl (C=O) groups is 4. The smallest absolute Gasteiger partial charge is 0.335 e. The third kappa shape index (κ3) is 8.52. The van der Waals surface area contributed by atoms with E-state index in [4.69, 9.17) is 20.4 Å². The summed E-state index contributed by atoms with van der Waals surface area (Å²) < 4.78 is 28.8. The first-order valence-corrected chi connectivity index (χ1v) is 18.2. The second-order valence-electron chi connectivity index (χ2n) is 12.8. The lowest BCUT2D eigenvalue weighted by Gasteiger charge is -2.28. The van der Waals surface area contributed by atoms with E-state index < -0.39 is 46.1 Å². The minimum absolute atomic E-state index is 0.0642. The molecule has 48 heavy (non-hydrogen) atoms. The van der Waals surface area contributed by atoms with Crippen molar-refractivity contribution in [2.75, 3.05) is 26.2 Å². The van der Waals surface area contributed by atoms with Crippen molar-refractivity contribution in [1.82, 2.24) is 14.1 Å². The lowest BCUT2D eigenvalue weighted by atomic mass is 9.94. The monoisotopic (exact) mass is 689 g/mol. The topological polar surface area (TPSA) is 193 Å². The molecule has 5 rings (SSSR count). The molecule has 264 valence electrons. The Morgan fingerprint density at radius 2 is 1.52 bits per heavy atom. The number of likely N-dealkylation sites (tertiary alicyclic amines) is 2. The van der Waals surface area contributed by atoms with Gasteiger partial charge < -0.3 is 30.2 Å². The lowest BCUT2D eigenvalue weighted by Crippen LogP contribution is -2.43. The molecule has 5 atom stereocenters. The van der Waals surface area contributed by atoms with E-state index in [0.717, 1.165) is 47.3 Å². The molecule has 4 N–H and O–H groups in total. The van der Waals surface area contributed by atoms with E-state index in [0.29, 0.717) is 25.8 Å². The average Bonchev–Trinajstić information content (AvgIpc) is 3.62. The highest BCUT2D eigenvalue weighted by Crippen LogP contribution is 2.42. The first-order chi connectivity index (χ1) is 22.9. The van der Waals surface area contributed by atoms with Crippen molar-refractivity contribution >= 4 is 44.5 Å². The lowest BCUT2D eigenvalue weighted by molar-refractivity contribution is -0.165. The third-order valence-electron chi connectivity index (χ3n) is 9.48. The fraction of sp³-hybridized carbons (Fsp3) is 0.588. The number of amides is 2. The predicted molar refractivity (Wildman–Crippen MR) is 176 cm³/mol. The Hall–Kier alpha value is -3.59. The molecule has 3 aliphatic rings. The summed E-state index contributed by atoms with van der Waals surface area (Å²) in [5.41, 5.74) is 0. The summed E-state index contributed by atoms with van der Waals surface area (Å²) in [5, 5.41) is 34.3. The van der Waals surface area contributed by atoms with E-state index in [1.165, 1.54) is 32.4 Å². The molecule has 3 heterocycles. The van der Waals surface area contributed by atoms with Crippen molar-refractivity contribution in [1.29, 1.82) is 0 Å². The number of benzene rings is 2. The Morgan fingerprint density at radius 3 is 2.15 bits per heavy atom. The molecule has 3 aliphatic heterocycles. The van der Waals surface area contributed by atoms with E-state index in [9.17, 15) is 27.6 Å². The Balaban J connectivity index is 0.000000453. The Bertz CT molecular complexity index is 1540. The molecule has 0 saturated carbocycles. The SMILES string of the molecule is CCC[C@H]1C(=O)N(S(=O)(=O)c2ccc3ccccc3c2)[C@H]2CCN(C(=O)CCCCCN3CCCCC3)[C@H]12.O=C(O)C(O)C(O)C(=O)O. The van der Waals surface area contributed by atoms with E-state index in [1.807, 2.05) is 36.1 Å². The zero-order valence-electron chi connectivity index (χ0n) is 27.3. The van der Waals surface area contributed by atoms with Crippen LogP contribution in [0.15, 0.2) is 47.4 Å². The van der Waals surface area contributed by atoms with Crippen LogP contribution in [0.5, 0.6) is 0 Å². The zero-order chi connectivity index (χ0) is 35.0. The van der Waals surface area contributed by atoms with Gasteiger partial charge in [0.25, 0.3) is 10.0 Å². The Kier molecular flexibility index (Phi) is 12.9. The number of carboxylic acids is 2. The number of aliphatic hydroxyl groups excluding tert-OH is 2. The molecule has 0 spiro atoms. The maximum Gasteiger partial charge on any atom is 0.335 e. The van der Waals surface area contributed by atoms with Gasteiger partial charge in [0.2, 0.25) is 11.8 Å². The summed E-state index contributed by atoms with van der Waals surface area (Å²) in [5.74, 6) is -4.29. The number of piperidine rings is 1. The summed E-state index contributed by atoms with van der Waals surface area (Å²) >= 11 is 0. The van der Waals surface area contributed by atoms with Crippen LogP contribution in [0.25, 0.3) is 10.8 Å². The molecule has 0 bridgehead atoms. The number of hydrogen-bond acceptors (Lipinski definition) is 9. The molecule has 2 amide bonds. The van der Waals surface area contributed by atoms with Crippen molar-refractivity contribution in [2.45, 2.75) is 100 Å². The number of sulfonamides is 1. The summed E-state index contributed by atoms with van der Waals surface area (Å²) in [6.45, 7) is 6.02. The number of aliphatic hydroxyl groups is 2. The van der Waals surface area contributed by atoms with Crippen LogP contribution in [0.2, 0.25) is 0 Å². The second kappa shape index (κ2) is 16.7. The van der Waals surface area contributed by atoms with Gasteiger partial charge >= 0.3 is 11.9 Å². The average molecular weight is 690 g/mol. The van der Waals surface area contributed by atoms with Crippen molar-refractivity contribution in [3.05, 3.63) is 42.5 Å². The molecule has 2 unspecified atom stereocenters. The molecule has 14 heteroatoms. The molecular formula is C34H47N3O10S. The zero-order valence-corrected chi connectivity index (χ0v) is 28.1. The van der Waals surface area contributed by atoms with Crippen LogP contribution in [-0.2, 0) is 29.2 Å². The van der Waals surface area contributed by atoms with Crippen molar-refractivity contribution < 1.29 is 48.0 Å². The van der Waals surface area contributed by atoms with Crippen molar-refractivity contribution in [3.63, 3.8) is 0 Å². The minimum atomic E-state index is -4.03. The first-order valence-electron chi connectivity index (χ1n) is 16.8.